The smallest absolute Gasteiger partial charge is 0.329 e. The number of halogens is 5. The highest BCUT2D eigenvalue weighted by Gasteiger charge is 2.35. The Morgan fingerprint density at radius 3 is 2.00 bits per heavy atom. The van der Waals surface area contributed by atoms with E-state index in [1.54, 1.807) is 22.6 Å². The molecule has 2 nitrogen and oxygen atoms in total. The highest BCUT2D eigenvalue weighted by atomic mass is 127. The SMILES string of the molecule is FC(F)(F)c1[nH]c(I)nc1I. The van der Waals surface area contributed by atoms with Crippen LogP contribution in [0.25, 0.3) is 0 Å². The molecule has 0 atom stereocenters. The van der Waals surface area contributed by atoms with E-state index >= 15 is 0 Å². The molecule has 1 aromatic rings. The lowest BCUT2D eigenvalue weighted by atomic mass is 10.5. The van der Waals surface area contributed by atoms with Gasteiger partial charge in [-0.2, -0.15) is 13.2 Å². The van der Waals surface area contributed by atoms with Gasteiger partial charge >= 0.3 is 6.18 Å². The van der Waals surface area contributed by atoms with Crippen molar-refractivity contribution in [3.63, 3.8) is 0 Å². The number of aromatic nitrogens is 2. The minimum atomic E-state index is -4.33. The molecule has 0 aromatic carbocycles. The highest BCUT2D eigenvalue weighted by molar-refractivity contribution is 14.1. The van der Waals surface area contributed by atoms with Gasteiger partial charge < -0.3 is 4.98 Å². The van der Waals surface area contributed by atoms with Crippen LogP contribution in [0.15, 0.2) is 0 Å². The molecule has 0 aliphatic carbocycles. The Kier molecular flexibility index (Phi) is 2.67. The van der Waals surface area contributed by atoms with Crippen molar-refractivity contribution in [3.8, 4) is 0 Å². The van der Waals surface area contributed by atoms with Gasteiger partial charge in [0.1, 0.15) is 3.70 Å². The molecule has 0 amide bonds. The van der Waals surface area contributed by atoms with E-state index < -0.39 is 11.9 Å². The molecule has 11 heavy (non-hydrogen) atoms. The molecular weight excluding hydrogens is 387 g/mol. The Morgan fingerprint density at radius 2 is 1.82 bits per heavy atom. The molecule has 0 bridgehead atoms. The van der Waals surface area contributed by atoms with E-state index in [0.717, 1.165) is 0 Å². The Morgan fingerprint density at radius 1 is 1.27 bits per heavy atom. The third kappa shape index (κ3) is 2.20. The van der Waals surface area contributed by atoms with Crippen LogP contribution in [0.4, 0.5) is 13.2 Å². The van der Waals surface area contributed by atoms with Crippen LogP contribution in [-0.2, 0) is 6.18 Å². The number of alkyl halides is 3. The number of H-pyrrole nitrogens is 1. The summed E-state index contributed by atoms with van der Waals surface area (Å²) in [7, 11) is 0. The average molecular weight is 388 g/mol. The molecule has 0 unspecified atom stereocenters. The predicted octanol–water partition coefficient (Wildman–Crippen LogP) is 2.64. The second-order valence-electron chi connectivity index (χ2n) is 1.69. The number of nitrogens with one attached hydrogen (secondary N) is 1. The molecule has 0 aliphatic heterocycles. The van der Waals surface area contributed by atoms with Gasteiger partial charge in [-0.1, -0.05) is 0 Å². The molecule has 1 heterocycles. The number of aromatic amines is 1. The van der Waals surface area contributed by atoms with Gasteiger partial charge in [-0.05, 0) is 45.2 Å². The Labute approximate surface area is 87.2 Å². The lowest BCUT2D eigenvalue weighted by Gasteiger charge is -2.01. The summed E-state index contributed by atoms with van der Waals surface area (Å²) in [5, 5.41) is 0. The van der Waals surface area contributed by atoms with Crippen molar-refractivity contribution < 1.29 is 13.2 Å². The molecule has 0 aliphatic rings. The summed E-state index contributed by atoms with van der Waals surface area (Å²) >= 11 is 3.23. The Bertz CT molecular complexity index is 267. The van der Waals surface area contributed by atoms with Crippen LogP contribution in [0.2, 0.25) is 0 Å². The quantitative estimate of drug-likeness (QED) is 0.681. The summed E-state index contributed by atoms with van der Waals surface area (Å²) in [5.74, 6) is 0. The lowest BCUT2D eigenvalue weighted by Crippen LogP contribution is -2.07. The Balaban J connectivity index is 3.13. The maximum absolute atomic E-state index is 12.0. The van der Waals surface area contributed by atoms with Crippen LogP contribution < -0.4 is 0 Å². The molecule has 1 rings (SSSR count). The van der Waals surface area contributed by atoms with E-state index in [2.05, 4.69) is 9.97 Å². The van der Waals surface area contributed by atoms with Gasteiger partial charge in [-0.15, -0.1) is 0 Å². The second kappa shape index (κ2) is 3.07. The zero-order chi connectivity index (χ0) is 8.65. The molecule has 1 N–H and O–H groups in total. The van der Waals surface area contributed by atoms with Crippen LogP contribution in [0.1, 0.15) is 5.69 Å². The first-order chi connectivity index (χ1) is 4.91. The van der Waals surface area contributed by atoms with E-state index in [1.165, 1.54) is 22.6 Å². The molecule has 7 heteroatoms. The molecule has 0 radical (unpaired) electrons. The average Bonchev–Trinajstić information content (AvgIpc) is 2.08. The second-order valence-corrected chi connectivity index (χ2v) is 3.73. The number of nitrogens with zero attached hydrogens (tertiary/aromatic N) is 1. The van der Waals surface area contributed by atoms with Gasteiger partial charge in [-0.25, -0.2) is 4.98 Å². The monoisotopic (exact) mass is 388 g/mol. The number of hydrogen-bond donors (Lipinski definition) is 1. The van der Waals surface area contributed by atoms with Gasteiger partial charge in [0.15, 0.2) is 9.53 Å². The van der Waals surface area contributed by atoms with Gasteiger partial charge in [0, 0.05) is 0 Å². The van der Waals surface area contributed by atoms with Crippen LogP contribution in [-0.4, -0.2) is 9.97 Å². The first-order valence-electron chi connectivity index (χ1n) is 2.39. The van der Waals surface area contributed by atoms with Crippen LogP contribution >= 0.6 is 45.2 Å². The number of hydrogen-bond acceptors (Lipinski definition) is 1. The van der Waals surface area contributed by atoms with Crippen molar-refractivity contribution in [2.24, 2.45) is 0 Å². The van der Waals surface area contributed by atoms with Crippen molar-refractivity contribution in [1.29, 1.82) is 0 Å². The normalized spacial score (nSPS) is 12.1. The van der Waals surface area contributed by atoms with E-state index in [4.69, 9.17) is 0 Å². The highest BCUT2D eigenvalue weighted by Crippen LogP contribution is 2.31. The van der Waals surface area contributed by atoms with E-state index in [0.29, 0.717) is 0 Å². The fraction of sp³-hybridized carbons (Fsp3) is 0.250. The van der Waals surface area contributed by atoms with Crippen molar-refractivity contribution >= 4 is 45.2 Å². The van der Waals surface area contributed by atoms with Crippen molar-refractivity contribution in [2.75, 3.05) is 0 Å². The molecule has 0 spiro atoms. The van der Waals surface area contributed by atoms with Gasteiger partial charge in [0.05, 0.1) is 0 Å². The summed E-state index contributed by atoms with van der Waals surface area (Å²) in [6, 6.07) is 0. The molecule has 0 saturated heterocycles. The zero-order valence-corrected chi connectivity index (χ0v) is 9.15. The third-order valence-electron chi connectivity index (χ3n) is 0.914. The van der Waals surface area contributed by atoms with Gasteiger partial charge in [-0.3, -0.25) is 0 Å². The summed E-state index contributed by atoms with van der Waals surface area (Å²) in [6.07, 6.45) is -4.33. The largest absolute Gasteiger partial charge is 0.433 e. The van der Waals surface area contributed by atoms with Gasteiger partial charge in [0.25, 0.3) is 0 Å². The van der Waals surface area contributed by atoms with Crippen molar-refractivity contribution in [2.45, 2.75) is 6.18 Å². The molecule has 62 valence electrons. The fourth-order valence-corrected chi connectivity index (χ4v) is 2.17. The summed E-state index contributed by atoms with van der Waals surface area (Å²) in [6.45, 7) is 0. The summed E-state index contributed by atoms with van der Waals surface area (Å²) < 4.78 is 36.2. The van der Waals surface area contributed by atoms with Crippen LogP contribution in [0.5, 0.6) is 0 Å². The van der Waals surface area contributed by atoms with E-state index in [1.807, 2.05) is 0 Å². The van der Waals surface area contributed by atoms with Gasteiger partial charge in [0.2, 0.25) is 0 Å². The predicted molar refractivity (Wildman–Crippen MR) is 49.0 cm³/mol. The maximum atomic E-state index is 12.0. The molecule has 0 fully saturated rings. The third-order valence-corrected chi connectivity index (χ3v) is 2.21. The van der Waals surface area contributed by atoms with E-state index in [9.17, 15) is 13.2 Å². The zero-order valence-electron chi connectivity index (χ0n) is 4.84. The summed E-state index contributed by atoms with van der Waals surface area (Å²) in [5.41, 5.74) is -0.775. The van der Waals surface area contributed by atoms with Crippen molar-refractivity contribution in [1.82, 2.24) is 9.97 Å². The molecule has 1 aromatic heterocycles. The summed E-state index contributed by atoms with van der Waals surface area (Å²) in [4.78, 5) is 5.70. The molecule has 0 saturated carbocycles. The topological polar surface area (TPSA) is 28.7 Å². The first kappa shape index (κ1) is 9.55. The minimum absolute atomic E-state index is 0.0421. The Hall–Kier alpha value is 0.460. The maximum Gasteiger partial charge on any atom is 0.433 e. The first-order valence-corrected chi connectivity index (χ1v) is 4.55. The lowest BCUT2D eigenvalue weighted by molar-refractivity contribution is -0.141. The van der Waals surface area contributed by atoms with Crippen LogP contribution in [0.3, 0.4) is 0 Å². The number of imidazole rings is 1. The molecular formula is C4HF3I2N2. The number of rotatable bonds is 0. The van der Waals surface area contributed by atoms with Crippen molar-refractivity contribution in [3.05, 3.63) is 13.2 Å². The standard InChI is InChI=1S/C4HF3I2N2/c5-4(6,7)1-2(8)11-3(9)10-1/h(H,10,11). The van der Waals surface area contributed by atoms with E-state index in [-0.39, 0.29) is 7.53 Å². The minimum Gasteiger partial charge on any atom is -0.329 e. The fourth-order valence-electron chi connectivity index (χ4n) is 0.513. The van der Waals surface area contributed by atoms with Crippen LogP contribution in [0, 0.1) is 7.53 Å².